The molecule has 0 saturated carbocycles. The number of ketones is 1. The number of carbonyl (C=O) groups is 7. The fourth-order valence-corrected chi connectivity index (χ4v) is 15.9. The normalized spacial score (nSPS) is 19.3. The number of amides is 6. The quantitative estimate of drug-likeness (QED) is 0.0421. The van der Waals surface area contributed by atoms with Gasteiger partial charge in [0.1, 0.15) is 41.5 Å². The molecule has 9 aromatic rings. The number of nitrogens with one attached hydrogen (secondary N) is 2. The van der Waals surface area contributed by atoms with E-state index in [2.05, 4.69) is 48.2 Å². The minimum Gasteiger partial charge on any atom is -0.391 e. The lowest BCUT2D eigenvalue weighted by Crippen LogP contribution is -2.55. The number of aromatic nitrogens is 5. The average molecular weight is 1470 g/mol. The Morgan fingerprint density at radius 2 is 0.990 bits per heavy atom. The van der Waals surface area contributed by atoms with Crippen molar-refractivity contribution in [2.45, 2.75) is 175 Å². The first kappa shape index (κ1) is 76.3. The standard InChI is InChI=1S/C28H30N4O5.C26H31N3O4S.C25H30N4O4S/c1-17(2)25(32-15-20-5-3-4-6-22(20)27(32)35)28(36)31-16-21(33)13-23(31)26(34)29-14-18-7-9-19(10-8-18)24-11-12-30-37-24;1-15(2)24(23-11-16(3)28-33-23)26(32)29-13-20(30)12-21(29)22(31)10-7-18-5-8-19(9-6-18)25-17(4)27-14-34-25;1-14(2)22(21-9-15(3)28-33-21)25(32)29-12-19(30)10-20(29)24(31)26-11-17-5-7-18(8-6-17)23-16(4)27-13-34-23/h3-12,17,21,23,25,33H,13-16H2,1-2H3,(H,29,34);5-6,8-9,11,14-15,20-21,24,30H,7,10,12-13H2,1-4H3;5-9,13-14,19-20,22,30H,10-12H2,1-4H3,(H,26,31)/t21-,23+,25+;20-,21+,24+;19-,20+,22?/m111/s1. The summed E-state index contributed by atoms with van der Waals surface area (Å²) in [5, 5.41) is 48.3. The molecule has 3 saturated heterocycles. The predicted octanol–water partition coefficient (Wildman–Crippen LogP) is 10.4. The number of thiazole rings is 2. The third-order valence-corrected chi connectivity index (χ3v) is 21.7. The van der Waals surface area contributed by atoms with Crippen molar-refractivity contribution in [3.8, 4) is 32.2 Å². The molecule has 552 valence electrons. The summed E-state index contributed by atoms with van der Waals surface area (Å²) in [7, 11) is 0. The van der Waals surface area contributed by atoms with Gasteiger partial charge in [0.25, 0.3) is 5.91 Å². The summed E-state index contributed by atoms with van der Waals surface area (Å²) in [6.45, 7) is 20.4. The number of aliphatic hydroxyl groups is 3. The van der Waals surface area contributed by atoms with E-state index in [0.717, 1.165) is 60.1 Å². The largest absolute Gasteiger partial charge is 0.391 e. The maximum atomic E-state index is 13.8. The first-order chi connectivity index (χ1) is 50.3. The molecule has 3 fully saturated rings. The Morgan fingerprint density at radius 1 is 0.543 bits per heavy atom. The highest BCUT2D eigenvalue weighted by atomic mass is 32.1. The number of rotatable bonds is 22. The van der Waals surface area contributed by atoms with Crippen molar-refractivity contribution >= 4 is 63.9 Å². The Morgan fingerprint density at radius 3 is 1.41 bits per heavy atom. The monoisotopic (exact) mass is 1470 g/mol. The number of aliphatic hydroxyl groups excluding tert-OH is 3. The van der Waals surface area contributed by atoms with Gasteiger partial charge in [-0.3, -0.25) is 33.6 Å². The van der Waals surface area contributed by atoms with Crippen molar-refractivity contribution in [2.75, 3.05) is 19.6 Å². The van der Waals surface area contributed by atoms with E-state index in [1.54, 1.807) is 69.9 Å². The van der Waals surface area contributed by atoms with Crippen molar-refractivity contribution < 1.29 is 62.5 Å². The SMILES string of the molecule is CC(C)[C@@H](C(=O)N1C[C@H](O)C[C@H]1C(=O)NCc1ccc(-c2ccno2)cc1)N1Cc2ccccc2C1=O.Cc1cc(C(C(=O)N2C[C@H](O)C[C@H]2C(=O)NCc2ccc(-c3scnc3C)cc2)C(C)C)on1.Cc1cc([C@@H](C(=O)N2C[C@H](O)C[C@H]2C(=O)CCc2ccc(-c3scnc3C)cc2)C(C)C)on1. The molecule has 105 heavy (non-hydrogen) atoms. The Kier molecular flexibility index (Phi) is 24.6. The molecule has 24 nitrogen and oxygen atoms in total. The zero-order valence-electron chi connectivity index (χ0n) is 60.7. The van der Waals surface area contributed by atoms with Crippen molar-refractivity contribution in [3.63, 3.8) is 0 Å². The number of likely N-dealkylation sites (tertiary alicyclic amines) is 3. The van der Waals surface area contributed by atoms with Gasteiger partial charge in [0, 0.05) is 94.3 Å². The fourth-order valence-electron chi connectivity index (χ4n) is 14.3. The van der Waals surface area contributed by atoms with Crippen LogP contribution in [0, 0.1) is 45.4 Å². The summed E-state index contributed by atoms with van der Waals surface area (Å²) in [5.41, 5.74) is 14.6. The summed E-state index contributed by atoms with van der Waals surface area (Å²) >= 11 is 3.21. The molecule has 1 unspecified atom stereocenters. The summed E-state index contributed by atoms with van der Waals surface area (Å²) in [6, 6.07) is 33.5. The van der Waals surface area contributed by atoms with Crippen LogP contribution in [0.4, 0.5) is 0 Å². The molecule has 4 aliphatic heterocycles. The lowest BCUT2D eigenvalue weighted by molar-refractivity contribution is -0.143. The maximum Gasteiger partial charge on any atom is 0.255 e. The third-order valence-electron chi connectivity index (χ3n) is 19.7. The maximum absolute atomic E-state index is 13.8. The van der Waals surface area contributed by atoms with E-state index in [0.29, 0.717) is 60.2 Å². The van der Waals surface area contributed by atoms with Crippen molar-refractivity contribution in [3.05, 3.63) is 195 Å². The van der Waals surface area contributed by atoms with Crippen LogP contribution < -0.4 is 10.6 Å². The Labute approximate surface area is 618 Å². The molecule has 0 spiro atoms. The van der Waals surface area contributed by atoms with E-state index in [4.69, 9.17) is 13.6 Å². The highest BCUT2D eigenvalue weighted by Crippen LogP contribution is 2.36. The van der Waals surface area contributed by atoms with Gasteiger partial charge in [0.05, 0.1) is 74.1 Å². The number of aryl methyl sites for hydroxylation is 5. The number of benzene rings is 4. The van der Waals surface area contributed by atoms with Gasteiger partial charge in [0.2, 0.25) is 29.5 Å². The molecule has 0 aliphatic carbocycles. The number of nitrogens with zero attached hydrogens (tertiary/aromatic N) is 9. The van der Waals surface area contributed by atoms with E-state index in [1.165, 1.54) is 9.80 Å². The Balaban J connectivity index is 0.000000158. The van der Waals surface area contributed by atoms with Gasteiger partial charge in [-0.15, -0.1) is 22.7 Å². The number of hydrogen-bond donors (Lipinski definition) is 5. The number of carbonyl (C=O) groups excluding carboxylic acids is 7. The van der Waals surface area contributed by atoms with Crippen molar-refractivity contribution in [1.82, 2.24) is 55.7 Å². The number of fused-ring (bicyclic) bond motifs is 1. The predicted molar refractivity (Wildman–Crippen MR) is 394 cm³/mol. The molecular weight excluding hydrogens is 1380 g/mol. The molecule has 9 heterocycles. The molecule has 13 rings (SSSR count). The van der Waals surface area contributed by atoms with E-state index in [9.17, 15) is 48.9 Å². The van der Waals surface area contributed by atoms with E-state index in [1.807, 2.05) is 152 Å². The smallest absolute Gasteiger partial charge is 0.255 e. The van der Waals surface area contributed by atoms with Gasteiger partial charge < -0.3 is 59.1 Å². The van der Waals surface area contributed by atoms with Crippen LogP contribution in [0.5, 0.6) is 0 Å². The molecule has 26 heteroatoms. The van der Waals surface area contributed by atoms with Crippen molar-refractivity contribution in [1.29, 1.82) is 0 Å². The molecule has 9 atom stereocenters. The first-order valence-corrected chi connectivity index (χ1v) is 37.4. The molecule has 4 aliphatic rings. The van der Waals surface area contributed by atoms with Crippen LogP contribution in [0.25, 0.3) is 32.2 Å². The Hall–Kier alpha value is -9.86. The average Bonchev–Trinajstić information content (AvgIpc) is 1.63. The zero-order chi connectivity index (χ0) is 74.9. The summed E-state index contributed by atoms with van der Waals surface area (Å²) in [4.78, 5) is 110. The van der Waals surface area contributed by atoms with E-state index < -0.39 is 54.3 Å². The second kappa shape index (κ2) is 33.9. The van der Waals surface area contributed by atoms with Gasteiger partial charge >= 0.3 is 0 Å². The molecule has 0 bridgehead atoms. The van der Waals surface area contributed by atoms with Crippen LogP contribution in [0.3, 0.4) is 0 Å². The van der Waals surface area contributed by atoms with Gasteiger partial charge in [0.15, 0.2) is 11.5 Å². The Bertz CT molecular complexity index is 4310. The van der Waals surface area contributed by atoms with Crippen LogP contribution in [0.15, 0.2) is 146 Å². The molecule has 6 amide bonds. The number of Topliss-reactive ketones (excluding diaryl/α,β-unsaturated/α-hetero) is 1. The third kappa shape index (κ3) is 17.9. The van der Waals surface area contributed by atoms with Gasteiger partial charge in [-0.2, -0.15) is 0 Å². The minimum absolute atomic E-state index is 0.0245. The fraction of sp³-hybridized carbons (Fsp3) is 0.418. The van der Waals surface area contributed by atoms with Gasteiger partial charge in [-0.1, -0.05) is 148 Å². The molecule has 4 aromatic carbocycles. The summed E-state index contributed by atoms with van der Waals surface area (Å²) in [6.07, 6.45) is 0.860. The topological polar surface area (TPSA) is 321 Å². The van der Waals surface area contributed by atoms with E-state index in [-0.39, 0.29) is 104 Å². The second-order valence-corrected chi connectivity index (χ2v) is 30.3. The lowest BCUT2D eigenvalue weighted by Gasteiger charge is -2.35. The number of β-amino-alcohol motifs (C(OH)–C–C–N with tert-alkyl or cyclic N) is 3. The van der Waals surface area contributed by atoms with Crippen LogP contribution >= 0.6 is 22.7 Å². The second-order valence-electron chi connectivity index (χ2n) is 28.6. The molecule has 5 N–H and O–H groups in total. The molecule has 0 radical (unpaired) electrons. The highest BCUT2D eigenvalue weighted by molar-refractivity contribution is 7.13. The zero-order valence-corrected chi connectivity index (χ0v) is 62.3. The van der Waals surface area contributed by atoms with Gasteiger partial charge in [-0.05, 0) is 91.3 Å². The van der Waals surface area contributed by atoms with E-state index >= 15 is 0 Å². The lowest BCUT2D eigenvalue weighted by atomic mass is 9.91. The van der Waals surface area contributed by atoms with Crippen LogP contribution in [-0.4, -0.2) is 164 Å². The first-order valence-electron chi connectivity index (χ1n) is 35.6. The minimum atomic E-state index is -0.808. The van der Waals surface area contributed by atoms with Crippen molar-refractivity contribution in [2.24, 2.45) is 17.8 Å². The number of hydrogen-bond acceptors (Lipinski definition) is 20. The van der Waals surface area contributed by atoms with Crippen LogP contribution in [0.1, 0.15) is 146 Å². The van der Waals surface area contributed by atoms with Gasteiger partial charge in [-0.25, -0.2) is 9.97 Å². The molecule has 5 aromatic heterocycles. The van der Waals surface area contributed by atoms with Crippen LogP contribution in [0.2, 0.25) is 0 Å². The summed E-state index contributed by atoms with van der Waals surface area (Å²) < 4.78 is 15.9. The van der Waals surface area contributed by atoms with Crippen LogP contribution in [-0.2, 0) is 54.8 Å². The summed E-state index contributed by atoms with van der Waals surface area (Å²) in [5.74, 6) is -1.27. The molecular formula is C79H91N11O13S2. The highest BCUT2D eigenvalue weighted by Gasteiger charge is 2.48.